The molecule has 2 unspecified atom stereocenters. The predicted molar refractivity (Wildman–Crippen MR) is 191 cm³/mol. The maximum Gasteiger partial charge on any atom is 0.306 e. The third-order valence-corrected chi connectivity index (χ3v) is 8.52. The third kappa shape index (κ3) is 27.2. The van der Waals surface area contributed by atoms with Gasteiger partial charge in [0.05, 0.1) is 18.8 Å². The first-order valence-electron chi connectivity index (χ1n) is 19.0. The Morgan fingerprint density at radius 2 is 1.22 bits per heavy atom. The average molecular weight is 647 g/mol. The molecule has 0 aromatic rings. The van der Waals surface area contributed by atoms with Crippen LogP contribution in [0, 0.1) is 5.92 Å². The summed E-state index contributed by atoms with van der Waals surface area (Å²) in [5.41, 5.74) is 0. The Morgan fingerprint density at radius 1 is 0.674 bits per heavy atom. The van der Waals surface area contributed by atoms with E-state index < -0.39 is 6.10 Å². The zero-order chi connectivity index (χ0) is 33.5. The molecule has 0 amide bonds. The maximum atomic E-state index is 12.1. The Morgan fingerprint density at radius 3 is 1.85 bits per heavy atom. The Kier molecular flexibility index (Phi) is 27.8. The van der Waals surface area contributed by atoms with Crippen molar-refractivity contribution in [1.82, 2.24) is 0 Å². The predicted octanol–water partition coefficient (Wildman–Crippen LogP) is 10.5. The van der Waals surface area contributed by atoms with Crippen LogP contribution in [-0.2, 0) is 23.8 Å². The van der Waals surface area contributed by atoms with Crippen molar-refractivity contribution < 1.29 is 28.9 Å². The lowest BCUT2D eigenvalue weighted by atomic mass is 10.0. The Hall–Kier alpha value is -1.92. The fourth-order valence-corrected chi connectivity index (χ4v) is 5.48. The highest BCUT2D eigenvalue weighted by Crippen LogP contribution is 2.29. The van der Waals surface area contributed by atoms with E-state index in [0.717, 1.165) is 50.9 Å². The first-order chi connectivity index (χ1) is 22.5. The standard InChI is InChI=1S/C40H70O6/c1-4-5-6-7-19-24-29-37-38(46-37)30-25-20-15-13-17-22-27-32-40(43)45-36(33-41)34-44-39(42)31-26-21-16-12-10-8-9-11-14-18-23-28-35(2)3/h13,17,19-20,24-25,35-38,41H,4-12,14-16,18,21-23,26-34H2,1-3H3/b17-13-,24-19-,25-20-/t36-,37?,38?/m0/s1. The summed E-state index contributed by atoms with van der Waals surface area (Å²) in [5, 5.41) is 9.54. The molecule has 1 fully saturated rings. The number of carbonyl (C=O) groups is 2. The number of epoxide rings is 1. The third-order valence-electron chi connectivity index (χ3n) is 8.52. The van der Waals surface area contributed by atoms with Crippen LogP contribution in [0.25, 0.3) is 0 Å². The van der Waals surface area contributed by atoms with Gasteiger partial charge in [0.2, 0.25) is 0 Å². The summed E-state index contributed by atoms with van der Waals surface area (Å²) in [4.78, 5) is 24.2. The van der Waals surface area contributed by atoms with E-state index in [1.807, 2.05) is 0 Å². The van der Waals surface area contributed by atoms with E-state index in [0.29, 0.717) is 25.0 Å². The zero-order valence-corrected chi connectivity index (χ0v) is 29.9. The molecule has 3 atom stereocenters. The molecule has 0 aromatic carbocycles. The Balaban J connectivity index is 1.94. The summed E-state index contributed by atoms with van der Waals surface area (Å²) in [6.45, 7) is 6.38. The molecule has 6 heteroatoms. The molecule has 46 heavy (non-hydrogen) atoms. The van der Waals surface area contributed by atoms with Crippen LogP contribution in [-0.4, -0.2) is 48.6 Å². The minimum atomic E-state index is -0.802. The number of carbonyl (C=O) groups excluding carboxylic acids is 2. The Labute approximate surface area is 282 Å². The van der Waals surface area contributed by atoms with E-state index in [1.165, 1.54) is 83.5 Å². The monoisotopic (exact) mass is 647 g/mol. The second kappa shape index (κ2) is 30.4. The molecule has 1 N–H and O–H groups in total. The topological polar surface area (TPSA) is 85.4 Å². The molecule has 0 aromatic heterocycles. The van der Waals surface area contributed by atoms with Gasteiger partial charge in [0.25, 0.3) is 0 Å². The van der Waals surface area contributed by atoms with E-state index in [2.05, 4.69) is 57.2 Å². The van der Waals surface area contributed by atoms with Crippen molar-refractivity contribution in [2.45, 2.75) is 187 Å². The molecular weight excluding hydrogens is 576 g/mol. The first kappa shape index (κ1) is 42.1. The molecule has 1 aliphatic heterocycles. The van der Waals surface area contributed by atoms with Gasteiger partial charge in [-0.25, -0.2) is 0 Å². The fraction of sp³-hybridized carbons (Fsp3) is 0.800. The van der Waals surface area contributed by atoms with E-state index in [-0.39, 0.29) is 31.6 Å². The second-order valence-electron chi connectivity index (χ2n) is 13.5. The highest BCUT2D eigenvalue weighted by molar-refractivity contribution is 5.70. The summed E-state index contributed by atoms with van der Waals surface area (Å²) in [6.07, 6.45) is 38.1. The number of aliphatic hydroxyl groups excluding tert-OH is 1. The average Bonchev–Trinajstić information content (AvgIpc) is 3.79. The molecular formula is C40H70O6. The molecule has 266 valence electrons. The molecule has 1 heterocycles. The number of hydrogen-bond donors (Lipinski definition) is 1. The summed E-state index contributed by atoms with van der Waals surface area (Å²) >= 11 is 0. The maximum absolute atomic E-state index is 12.1. The molecule has 1 saturated heterocycles. The number of rotatable bonds is 32. The van der Waals surface area contributed by atoms with Crippen LogP contribution in [0.15, 0.2) is 36.5 Å². The van der Waals surface area contributed by atoms with Crippen LogP contribution in [0.1, 0.15) is 168 Å². The number of hydrogen-bond acceptors (Lipinski definition) is 6. The van der Waals surface area contributed by atoms with Crippen molar-refractivity contribution in [3.8, 4) is 0 Å². The van der Waals surface area contributed by atoms with Crippen molar-refractivity contribution in [2.75, 3.05) is 13.2 Å². The van der Waals surface area contributed by atoms with Gasteiger partial charge in [0.1, 0.15) is 6.61 Å². The van der Waals surface area contributed by atoms with Gasteiger partial charge in [-0.05, 0) is 57.3 Å². The lowest BCUT2D eigenvalue weighted by Gasteiger charge is -2.15. The van der Waals surface area contributed by atoms with Crippen molar-refractivity contribution >= 4 is 11.9 Å². The van der Waals surface area contributed by atoms with Gasteiger partial charge >= 0.3 is 11.9 Å². The number of unbranched alkanes of at least 4 members (excludes halogenated alkanes) is 14. The molecule has 0 saturated carbocycles. The van der Waals surface area contributed by atoms with Gasteiger partial charge in [-0.15, -0.1) is 0 Å². The fourth-order valence-electron chi connectivity index (χ4n) is 5.48. The summed E-state index contributed by atoms with van der Waals surface area (Å²) in [5.74, 6) is 0.168. The van der Waals surface area contributed by atoms with Gasteiger partial charge < -0.3 is 19.3 Å². The molecule has 6 nitrogen and oxygen atoms in total. The first-order valence-corrected chi connectivity index (χ1v) is 19.0. The summed E-state index contributed by atoms with van der Waals surface area (Å²) in [7, 11) is 0. The van der Waals surface area contributed by atoms with Crippen LogP contribution in [0.3, 0.4) is 0 Å². The highest BCUT2D eigenvalue weighted by atomic mass is 16.6. The van der Waals surface area contributed by atoms with Gasteiger partial charge in [-0.2, -0.15) is 0 Å². The van der Waals surface area contributed by atoms with Crippen LogP contribution < -0.4 is 0 Å². The van der Waals surface area contributed by atoms with E-state index in [1.54, 1.807) is 0 Å². The summed E-state index contributed by atoms with van der Waals surface area (Å²) in [6, 6.07) is 0. The molecule has 0 aliphatic carbocycles. The smallest absolute Gasteiger partial charge is 0.306 e. The van der Waals surface area contributed by atoms with E-state index >= 15 is 0 Å². The second-order valence-corrected chi connectivity index (χ2v) is 13.5. The quantitative estimate of drug-likeness (QED) is 0.0339. The minimum Gasteiger partial charge on any atom is -0.462 e. The lowest BCUT2D eigenvalue weighted by molar-refractivity contribution is -0.161. The van der Waals surface area contributed by atoms with Crippen LogP contribution in [0.5, 0.6) is 0 Å². The van der Waals surface area contributed by atoms with E-state index in [9.17, 15) is 14.7 Å². The van der Waals surface area contributed by atoms with Crippen LogP contribution in [0.2, 0.25) is 0 Å². The SMILES string of the molecule is CCCCC/C=C\CC1OC1C/C=C\C/C=C\CCCC(=O)O[C@@H](CO)COC(=O)CCCCCCCCCCCCCC(C)C. The molecule has 1 rings (SSSR count). The molecule has 0 bridgehead atoms. The highest BCUT2D eigenvalue weighted by Gasteiger charge is 2.35. The zero-order valence-electron chi connectivity index (χ0n) is 29.9. The lowest BCUT2D eigenvalue weighted by Crippen LogP contribution is -2.28. The normalized spacial score (nSPS) is 17.1. The van der Waals surface area contributed by atoms with Gasteiger partial charge in [0.15, 0.2) is 6.10 Å². The Bertz CT molecular complexity index is 817. The molecule has 0 spiro atoms. The number of esters is 2. The van der Waals surface area contributed by atoms with Crippen molar-refractivity contribution in [3.63, 3.8) is 0 Å². The van der Waals surface area contributed by atoms with Crippen molar-refractivity contribution in [2.24, 2.45) is 5.92 Å². The number of aliphatic hydroxyl groups is 1. The van der Waals surface area contributed by atoms with E-state index in [4.69, 9.17) is 14.2 Å². The minimum absolute atomic E-state index is 0.0901. The summed E-state index contributed by atoms with van der Waals surface area (Å²) < 4.78 is 16.3. The molecule has 1 aliphatic rings. The van der Waals surface area contributed by atoms with Crippen LogP contribution in [0.4, 0.5) is 0 Å². The number of allylic oxidation sites excluding steroid dienone is 4. The van der Waals surface area contributed by atoms with Gasteiger partial charge in [0, 0.05) is 12.8 Å². The van der Waals surface area contributed by atoms with Crippen molar-refractivity contribution in [3.05, 3.63) is 36.5 Å². The number of ether oxygens (including phenoxy) is 3. The van der Waals surface area contributed by atoms with Crippen LogP contribution >= 0.6 is 0 Å². The van der Waals surface area contributed by atoms with Crippen molar-refractivity contribution in [1.29, 1.82) is 0 Å². The molecule has 0 radical (unpaired) electrons. The van der Waals surface area contributed by atoms with Gasteiger partial charge in [-0.1, -0.05) is 141 Å². The van der Waals surface area contributed by atoms with Gasteiger partial charge in [-0.3, -0.25) is 9.59 Å². The largest absolute Gasteiger partial charge is 0.462 e.